The summed E-state index contributed by atoms with van der Waals surface area (Å²) in [6.07, 6.45) is 1.33. The molecule has 2 heterocycles. The predicted octanol–water partition coefficient (Wildman–Crippen LogP) is 2.87. The lowest BCUT2D eigenvalue weighted by molar-refractivity contribution is 0.0779. The third-order valence-corrected chi connectivity index (χ3v) is 4.20. The molecule has 0 aliphatic rings. The van der Waals surface area contributed by atoms with Gasteiger partial charge in [-0.05, 0) is 18.2 Å². The summed E-state index contributed by atoms with van der Waals surface area (Å²) >= 11 is 5.97. The lowest BCUT2D eigenvalue weighted by atomic mass is 9.96. The lowest BCUT2D eigenvalue weighted by Crippen LogP contribution is -2.33. The third-order valence-electron chi connectivity index (χ3n) is 3.97. The zero-order chi connectivity index (χ0) is 19.1. The molecule has 0 radical (unpaired) electrons. The number of halogens is 1. The van der Waals surface area contributed by atoms with Crippen LogP contribution in [0.1, 0.15) is 42.8 Å². The van der Waals surface area contributed by atoms with Crippen LogP contribution in [-0.2, 0) is 12.0 Å². The van der Waals surface area contributed by atoms with Crippen molar-refractivity contribution in [1.82, 2.24) is 24.8 Å². The van der Waals surface area contributed by atoms with Crippen molar-refractivity contribution in [2.24, 2.45) is 0 Å². The van der Waals surface area contributed by atoms with Crippen LogP contribution in [0.5, 0.6) is 0 Å². The fourth-order valence-electron chi connectivity index (χ4n) is 2.54. The Morgan fingerprint density at radius 2 is 2.00 bits per heavy atom. The van der Waals surface area contributed by atoms with Crippen molar-refractivity contribution in [3.63, 3.8) is 0 Å². The second kappa shape index (κ2) is 6.57. The van der Waals surface area contributed by atoms with E-state index in [4.69, 9.17) is 11.6 Å². The summed E-state index contributed by atoms with van der Waals surface area (Å²) in [5.41, 5.74) is 0.807. The molecular weight excluding hydrogens is 354 g/mol. The zero-order valence-corrected chi connectivity index (χ0v) is 15.8. The molecule has 3 rings (SSSR count). The first-order chi connectivity index (χ1) is 12.1. The number of nitrogens with one attached hydrogen (secondary N) is 2. The Balaban J connectivity index is 1.82. The van der Waals surface area contributed by atoms with E-state index in [0.29, 0.717) is 16.7 Å². The Morgan fingerprint density at radius 3 is 2.65 bits per heavy atom. The number of H-pyrrole nitrogens is 2. The van der Waals surface area contributed by atoms with Gasteiger partial charge in [-0.3, -0.25) is 9.59 Å². The number of fused-ring (bicyclic) bond motifs is 1. The zero-order valence-electron chi connectivity index (χ0n) is 15.1. The normalized spacial score (nSPS) is 11.7. The summed E-state index contributed by atoms with van der Waals surface area (Å²) in [6.45, 7) is 6.04. The molecule has 0 aliphatic carbocycles. The molecule has 136 valence electrons. The minimum Gasteiger partial charge on any atom is -0.340 e. The van der Waals surface area contributed by atoms with E-state index in [1.54, 1.807) is 25.2 Å². The third kappa shape index (κ3) is 3.62. The van der Waals surface area contributed by atoms with Gasteiger partial charge in [0.05, 0.1) is 17.6 Å². The van der Waals surface area contributed by atoms with Crippen LogP contribution in [0.25, 0.3) is 11.0 Å². The molecule has 3 aromatic rings. The molecule has 0 spiro atoms. The van der Waals surface area contributed by atoms with Gasteiger partial charge >= 0.3 is 0 Å². The summed E-state index contributed by atoms with van der Waals surface area (Å²) in [4.78, 5) is 40.8. The van der Waals surface area contributed by atoms with Crippen molar-refractivity contribution in [3.05, 3.63) is 57.0 Å². The molecular formula is C18H20ClN5O2. The summed E-state index contributed by atoms with van der Waals surface area (Å²) in [7, 11) is 1.61. The van der Waals surface area contributed by atoms with Crippen LogP contribution in [-0.4, -0.2) is 37.8 Å². The molecule has 0 saturated heterocycles. The van der Waals surface area contributed by atoms with Gasteiger partial charge in [-0.25, -0.2) is 9.97 Å². The molecule has 0 atom stereocenters. The predicted molar refractivity (Wildman–Crippen MR) is 100 cm³/mol. The van der Waals surface area contributed by atoms with Gasteiger partial charge in [-0.2, -0.15) is 0 Å². The maximum atomic E-state index is 12.6. The van der Waals surface area contributed by atoms with E-state index in [1.165, 1.54) is 11.1 Å². The van der Waals surface area contributed by atoms with Crippen molar-refractivity contribution in [1.29, 1.82) is 0 Å². The maximum Gasteiger partial charge on any atom is 0.263 e. The van der Waals surface area contributed by atoms with E-state index >= 15 is 0 Å². The Hall–Kier alpha value is -2.67. The summed E-state index contributed by atoms with van der Waals surface area (Å²) < 4.78 is 0. The first-order valence-electron chi connectivity index (χ1n) is 8.14. The number of rotatable bonds is 3. The Bertz CT molecular complexity index is 1030. The molecule has 0 fully saturated rings. The smallest absolute Gasteiger partial charge is 0.263 e. The van der Waals surface area contributed by atoms with E-state index in [2.05, 4.69) is 19.9 Å². The van der Waals surface area contributed by atoms with E-state index in [0.717, 1.165) is 11.0 Å². The molecule has 2 aromatic heterocycles. The molecule has 2 N–H and O–H groups in total. The van der Waals surface area contributed by atoms with Crippen molar-refractivity contribution in [2.75, 3.05) is 7.05 Å². The minimum absolute atomic E-state index is 0.000319. The summed E-state index contributed by atoms with van der Waals surface area (Å²) in [5, 5.41) is 0.605. The number of aromatic nitrogens is 4. The highest BCUT2D eigenvalue weighted by Crippen LogP contribution is 2.18. The molecule has 0 unspecified atom stereocenters. The molecule has 8 heteroatoms. The maximum absolute atomic E-state index is 12.6. The number of hydrogen-bond acceptors (Lipinski definition) is 4. The number of carbonyl (C=O) groups excluding carboxylic acids is 1. The number of hydrogen-bond donors (Lipinski definition) is 2. The number of imidazole rings is 1. The number of carbonyl (C=O) groups is 1. The number of aromatic amines is 2. The Morgan fingerprint density at radius 1 is 1.27 bits per heavy atom. The molecule has 1 amide bonds. The van der Waals surface area contributed by atoms with Gasteiger partial charge in [0, 0.05) is 23.7 Å². The second-order valence-corrected chi connectivity index (χ2v) is 7.67. The van der Waals surface area contributed by atoms with Gasteiger partial charge in [-0.1, -0.05) is 32.4 Å². The second-order valence-electron chi connectivity index (χ2n) is 7.23. The Kier molecular flexibility index (Phi) is 4.58. The molecule has 26 heavy (non-hydrogen) atoms. The van der Waals surface area contributed by atoms with Gasteiger partial charge in [0.15, 0.2) is 0 Å². The van der Waals surface area contributed by atoms with Gasteiger partial charge in [0.1, 0.15) is 17.2 Å². The minimum atomic E-state index is -0.446. The molecule has 0 saturated carbocycles. The quantitative estimate of drug-likeness (QED) is 0.738. The van der Waals surface area contributed by atoms with E-state index in [-0.39, 0.29) is 17.5 Å². The van der Waals surface area contributed by atoms with Crippen molar-refractivity contribution in [2.45, 2.75) is 32.7 Å². The van der Waals surface area contributed by atoms with Crippen LogP contribution in [0.3, 0.4) is 0 Å². The number of amides is 1. The SMILES string of the molecule is CN(Cc1nc2ccc(Cl)cc2[nH]1)C(=O)c1cnc(C(C)(C)C)[nH]c1=O. The topological polar surface area (TPSA) is 94.7 Å². The highest BCUT2D eigenvalue weighted by atomic mass is 35.5. The van der Waals surface area contributed by atoms with Crippen molar-refractivity contribution < 1.29 is 4.79 Å². The average molecular weight is 374 g/mol. The number of nitrogens with zero attached hydrogens (tertiary/aromatic N) is 3. The van der Waals surface area contributed by atoms with E-state index in [9.17, 15) is 9.59 Å². The first kappa shape index (κ1) is 18.1. The van der Waals surface area contributed by atoms with Gasteiger partial charge < -0.3 is 14.9 Å². The van der Waals surface area contributed by atoms with Crippen LogP contribution >= 0.6 is 11.6 Å². The molecule has 0 aliphatic heterocycles. The highest BCUT2D eigenvalue weighted by molar-refractivity contribution is 6.31. The van der Waals surface area contributed by atoms with Gasteiger partial charge in [0.25, 0.3) is 11.5 Å². The summed E-state index contributed by atoms with van der Waals surface area (Å²) in [5.74, 6) is 0.724. The van der Waals surface area contributed by atoms with Gasteiger partial charge in [0.2, 0.25) is 0 Å². The number of benzene rings is 1. The van der Waals surface area contributed by atoms with Crippen LogP contribution in [0.15, 0.2) is 29.2 Å². The van der Waals surface area contributed by atoms with Crippen molar-refractivity contribution >= 4 is 28.5 Å². The van der Waals surface area contributed by atoms with Gasteiger partial charge in [-0.15, -0.1) is 0 Å². The van der Waals surface area contributed by atoms with Crippen molar-refractivity contribution in [3.8, 4) is 0 Å². The van der Waals surface area contributed by atoms with E-state index in [1.807, 2.05) is 20.8 Å². The van der Waals surface area contributed by atoms with E-state index < -0.39 is 11.5 Å². The largest absolute Gasteiger partial charge is 0.340 e. The first-order valence-corrected chi connectivity index (χ1v) is 8.52. The average Bonchev–Trinajstić information content (AvgIpc) is 2.94. The highest BCUT2D eigenvalue weighted by Gasteiger charge is 2.21. The standard InChI is InChI=1S/C18H20ClN5O2/c1-18(2,3)17-20-8-11(15(25)23-17)16(26)24(4)9-14-21-12-6-5-10(19)7-13(12)22-14/h5-8H,9H2,1-4H3,(H,21,22)(H,20,23,25). The fourth-order valence-corrected chi connectivity index (χ4v) is 2.71. The van der Waals surface area contributed by atoms with Crippen LogP contribution in [0.4, 0.5) is 0 Å². The van der Waals surface area contributed by atoms with Crippen LogP contribution in [0.2, 0.25) is 5.02 Å². The van der Waals surface area contributed by atoms with Crippen LogP contribution in [0, 0.1) is 0 Å². The fraction of sp³-hybridized carbons (Fsp3) is 0.333. The lowest BCUT2D eigenvalue weighted by Gasteiger charge is -2.18. The Labute approximate surface area is 155 Å². The summed E-state index contributed by atoms with van der Waals surface area (Å²) in [6, 6.07) is 5.33. The monoisotopic (exact) mass is 373 g/mol. The van der Waals surface area contributed by atoms with Crippen LogP contribution < -0.4 is 5.56 Å². The molecule has 1 aromatic carbocycles. The molecule has 0 bridgehead atoms. The molecule has 7 nitrogen and oxygen atoms in total.